The zero-order valence-electron chi connectivity index (χ0n) is 14.2. The number of alkyl halides is 3. The van der Waals surface area contributed by atoms with E-state index in [-0.39, 0.29) is 17.5 Å². The van der Waals surface area contributed by atoms with Crippen LogP contribution in [0.1, 0.15) is 12.5 Å². The van der Waals surface area contributed by atoms with Crippen molar-refractivity contribution in [1.82, 2.24) is 4.90 Å². The van der Waals surface area contributed by atoms with E-state index >= 15 is 0 Å². The molecule has 0 aliphatic rings. The third-order valence-electron chi connectivity index (χ3n) is 3.72. The summed E-state index contributed by atoms with van der Waals surface area (Å²) < 4.78 is 53.4. The zero-order valence-corrected chi connectivity index (χ0v) is 14.2. The summed E-state index contributed by atoms with van der Waals surface area (Å²) >= 11 is 0. The molecule has 0 fully saturated rings. The van der Waals surface area contributed by atoms with Crippen LogP contribution in [0.4, 0.5) is 23.2 Å². The predicted octanol–water partition coefficient (Wildman–Crippen LogP) is 4.18. The topological polar surface area (TPSA) is 41.6 Å². The Balaban J connectivity index is 1.93. The largest absolute Gasteiger partial charge is 0.573 e. The van der Waals surface area contributed by atoms with Gasteiger partial charge in [-0.05, 0) is 55.9 Å². The van der Waals surface area contributed by atoms with Crippen LogP contribution in [-0.4, -0.2) is 30.3 Å². The summed E-state index contributed by atoms with van der Waals surface area (Å²) in [5.41, 5.74) is 1.07. The molecule has 1 atom stereocenters. The number of likely N-dealkylation sites (N-methyl/N-ethyl adjacent to an activating group) is 1. The highest BCUT2D eigenvalue weighted by atomic mass is 19.4. The fourth-order valence-electron chi connectivity index (χ4n) is 2.25. The minimum Gasteiger partial charge on any atom is -0.406 e. The molecule has 8 heteroatoms. The molecule has 2 aromatic rings. The third kappa shape index (κ3) is 6.03. The lowest BCUT2D eigenvalue weighted by atomic mass is 10.2. The molecule has 0 aliphatic heterocycles. The Hall–Kier alpha value is -2.61. The second-order valence-electron chi connectivity index (χ2n) is 5.78. The van der Waals surface area contributed by atoms with Gasteiger partial charge in [0, 0.05) is 12.2 Å². The summed E-state index contributed by atoms with van der Waals surface area (Å²) in [6.07, 6.45) is -4.76. The van der Waals surface area contributed by atoms with Gasteiger partial charge in [0.1, 0.15) is 11.6 Å². The Morgan fingerprint density at radius 3 is 2.42 bits per heavy atom. The molecule has 140 valence electrons. The number of ether oxygens (including phenoxy) is 1. The van der Waals surface area contributed by atoms with Gasteiger partial charge in [0.15, 0.2) is 0 Å². The van der Waals surface area contributed by atoms with E-state index < -0.39 is 12.4 Å². The second kappa shape index (κ2) is 8.18. The molecule has 1 amide bonds. The van der Waals surface area contributed by atoms with Gasteiger partial charge in [-0.25, -0.2) is 4.39 Å². The molecule has 0 saturated heterocycles. The quantitative estimate of drug-likeness (QED) is 0.776. The maximum atomic E-state index is 13.2. The molecule has 1 N–H and O–H groups in total. The molecule has 0 bridgehead atoms. The normalized spacial score (nSPS) is 12.7. The number of benzene rings is 2. The minimum absolute atomic E-state index is 0.339. The molecule has 0 radical (unpaired) electrons. The van der Waals surface area contributed by atoms with Crippen LogP contribution >= 0.6 is 0 Å². The summed E-state index contributed by atoms with van der Waals surface area (Å²) in [6.45, 7) is 2.04. The maximum absolute atomic E-state index is 13.2. The highest BCUT2D eigenvalue weighted by Gasteiger charge is 2.31. The molecule has 4 nitrogen and oxygen atoms in total. The van der Waals surface area contributed by atoms with Crippen molar-refractivity contribution in [3.05, 3.63) is 59.9 Å². The molecular weight excluding hydrogens is 352 g/mol. The number of carbonyl (C=O) groups excluding carboxylic acids is 1. The van der Waals surface area contributed by atoms with Gasteiger partial charge in [-0.2, -0.15) is 0 Å². The number of carbonyl (C=O) groups is 1. The van der Waals surface area contributed by atoms with Gasteiger partial charge in [0.2, 0.25) is 5.91 Å². The van der Waals surface area contributed by atoms with Crippen LogP contribution in [0.3, 0.4) is 0 Å². The predicted molar refractivity (Wildman–Crippen MR) is 89.1 cm³/mol. The van der Waals surface area contributed by atoms with E-state index in [4.69, 9.17) is 0 Å². The molecule has 1 unspecified atom stereocenters. The highest BCUT2D eigenvalue weighted by molar-refractivity contribution is 5.94. The van der Waals surface area contributed by atoms with E-state index in [0.29, 0.717) is 12.2 Å². The van der Waals surface area contributed by atoms with Crippen LogP contribution in [0.15, 0.2) is 48.5 Å². The van der Waals surface area contributed by atoms with Crippen molar-refractivity contribution < 1.29 is 27.1 Å². The fraction of sp³-hybridized carbons (Fsp3) is 0.278. The molecule has 26 heavy (non-hydrogen) atoms. The second-order valence-corrected chi connectivity index (χ2v) is 5.78. The van der Waals surface area contributed by atoms with Gasteiger partial charge in [-0.1, -0.05) is 12.1 Å². The van der Waals surface area contributed by atoms with E-state index in [2.05, 4.69) is 10.1 Å². The van der Waals surface area contributed by atoms with Gasteiger partial charge < -0.3 is 10.1 Å². The monoisotopic (exact) mass is 370 g/mol. The van der Waals surface area contributed by atoms with E-state index in [1.54, 1.807) is 31.0 Å². The lowest BCUT2D eigenvalue weighted by Gasteiger charge is -2.24. The average Bonchev–Trinajstić information content (AvgIpc) is 2.54. The van der Waals surface area contributed by atoms with Crippen molar-refractivity contribution in [3.8, 4) is 5.75 Å². The Labute approximate surface area is 148 Å². The summed E-state index contributed by atoms with van der Waals surface area (Å²) in [6, 6.07) is 10.4. The van der Waals surface area contributed by atoms with Gasteiger partial charge in [0.05, 0.1) is 6.04 Å². The van der Waals surface area contributed by atoms with Gasteiger partial charge in [0.25, 0.3) is 0 Å². The number of anilines is 1. The minimum atomic E-state index is -4.76. The lowest BCUT2D eigenvalue weighted by Crippen LogP contribution is -2.39. The van der Waals surface area contributed by atoms with Crippen LogP contribution in [-0.2, 0) is 11.3 Å². The molecule has 0 saturated carbocycles. The molecule has 0 aromatic heterocycles. The van der Waals surface area contributed by atoms with Crippen molar-refractivity contribution in [1.29, 1.82) is 0 Å². The molecule has 0 aliphatic carbocycles. The number of rotatable bonds is 6. The van der Waals surface area contributed by atoms with E-state index in [0.717, 1.165) is 17.7 Å². The Morgan fingerprint density at radius 2 is 1.85 bits per heavy atom. The SMILES string of the molecule is CC(C(=O)Nc1ccc(OC(F)(F)F)cc1)N(C)Cc1cccc(F)c1. The van der Waals surface area contributed by atoms with Crippen molar-refractivity contribution in [3.63, 3.8) is 0 Å². The first kappa shape index (κ1) is 19.7. The van der Waals surface area contributed by atoms with E-state index in [1.807, 2.05) is 0 Å². The van der Waals surface area contributed by atoms with Gasteiger partial charge >= 0.3 is 6.36 Å². The number of hydrogen-bond donors (Lipinski definition) is 1. The Morgan fingerprint density at radius 1 is 1.19 bits per heavy atom. The first-order valence-corrected chi connectivity index (χ1v) is 7.75. The van der Waals surface area contributed by atoms with Gasteiger partial charge in [-0.15, -0.1) is 13.2 Å². The molecule has 0 heterocycles. The standard InChI is InChI=1S/C18H18F4N2O2/c1-12(24(2)11-13-4-3-5-14(19)10-13)17(25)23-15-6-8-16(9-7-15)26-18(20,21)22/h3-10,12H,11H2,1-2H3,(H,23,25). The van der Waals surface area contributed by atoms with E-state index in [9.17, 15) is 22.4 Å². The number of nitrogens with zero attached hydrogens (tertiary/aromatic N) is 1. The van der Waals surface area contributed by atoms with Crippen molar-refractivity contribution in [2.45, 2.75) is 25.9 Å². The van der Waals surface area contributed by atoms with Crippen molar-refractivity contribution in [2.75, 3.05) is 12.4 Å². The fourth-order valence-corrected chi connectivity index (χ4v) is 2.25. The smallest absolute Gasteiger partial charge is 0.406 e. The molecule has 0 spiro atoms. The zero-order chi connectivity index (χ0) is 19.3. The van der Waals surface area contributed by atoms with Crippen LogP contribution in [0.2, 0.25) is 0 Å². The number of amides is 1. The van der Waals surface area contributed by atoms with Gasteiger partial charge in [-0.3, -0.25) is 9.69 Å². The number of halogens is 4. The Bertz CT molecular complexity index is 748. The lowest BCUT2D eigenvalue weighted by molar-refractivity contribution is -0.274. The summed E-state index contributed by atoms with van der Waals surface area (Å²) in [5, 5.41) is 2.62. The van der Waals surface area contributed by atoms with Crippen LogP contribution in [0.5, 0.6) is 5.75 Å². The number of hydrogen-bond acceptors (Lipinski definition) is 3. The highest BCUT2D eigenvalue weighted by Crippen LogP contribution is 2.24. The third-order valence-corrected chi connectivity index (χ3v) is 3.72. The van der Waals surface area contributed by atoms with Crippen LogP contribution in [0.25, 0.3) is 0 Å². The van der Waals surface area contributed by atoms with Crippen LogP contribution < -0.4 is 10.1 Å². The number of nitrogens with one attached hydrogen (secondary N) is 1. The van der Waals surface area contributed by atoms with Crippen LogP contribution in [0, 0.1) is 5.82 Å². The summed E-state index contributed by atoms with van der Waals surface area (Å²) in [7, 11) is 1.72. The first-order valence-electron chi connectivity index (χ1n) is 7.75. The summed E-state index contributed by atoms with van der Waals surface area (Å²) in [5.74, 6) is -1.06. The first-order chi connectivity index (χ1) is 12.1. The van der Waals surface area contributed by atoms with E-state index in [1.165, 1.54) is 24.3 Å². The van der Waals surface area contributed by atoms with Crippen molar-refractivity contribution >= 4 is 11.6 Å². The maximum Gasteiger partial charge on any atom is 0.573 e. The molecule has 2 rings (SSSR count). The molecular formula is C18H18F4N2O2. The van der Waals surface area contributed by atoms with Crippen molar-refractivity contribution in [2.24, 2.45) is 0 Å². The average molecular weight is 370 g/mol. The summed E-state index contributed by atoms with van der Waals surface area (Å²) in [4.78, 5) is 14.0. The Kier molecular flexibility index (Phi) is 6.20. The molecule has 2 aromatic carbocycles.